The van der Waals surface area contributed by atoms with E-state index in [9.17, 15) is 0 Å². The Hall–Kier alpha value is -2.16. The number of hydrogen-bond donors (Lipinski definition) is 0. The van der Waals surface area contributed by atoms with E-state index in [4.69, 9.17) is 11.6 Å². The normalized spacial score (nSPS) is 11.2. The molecule has 0 aliphatic rings. The Kier molecular flexibility index (Phi) is 5.29. The summed E-state index contributed by atoms with van der Waals surface area (Å²) in [5.41, 5.74) is 6.62. The molecule has 1 aromatic heterocycles. The maximum Gasteiger partial charge on any atom is 0.0495 e. The van der Waals surface area contributed by atoms with Crippen molar-refractivity contribution in [1.29, 1.82) is 0 Å². The molecular formula is C24H22ClNS. The van der Waals surface area contributed by atoms with Gasteiger partial charge in [0, 0.05) is 39.3 Å². The highest BCUT2D eigenvalue weighted by molar-refractivity contribution is 7.98. The monoisotopic (exact) mass is 391 g/mol. The van der Waals surface area contributed by atoms with Crippen LogP contribution in [0, 0.1) is 13.8 Å². The summed E-state index contributed by atoms with van der Waals surface area (Å²) in [5, 5.41) is 2.10. The molecule has 4 rings (SSSR count). The van der Waals surface area contributed by atoms with Crippen molar-refractivity contribution in [1.82, 2.24) is 4.57 Å². The van der Waals surface area contributed by atoms with Crippen LogP contribution >= 0.6 is 23.4 Å². The Morgan fingerprint density at radius 3 is 2.52 bits per heavy atom. The first-order valence-electron chi connectivity index (χ1n) is 9.11. The third-order valence-corrected chi connectivity index (χ3v) is 6.25. The summed E-state index contributed by atoms with van der Waals surface area (Å²) in [6, 6.07) is 23.5. The highest BCUT2D eigenvalue weighted by Crippen LogP contribution is 2.33. The van der Waals surface area contributed by atoms with Gasteiger partial charge in [0.2, 0.25) is 0 Å². The van der Waals surface area contributed by atoms with E-state index in [1.54, 1.807) is 0 Å². The molecule has 0 N–H and O–H groups in total. The van der Waals surface area contributed by atoms with Gasteiger partial charge >= 0.3 is 0 Å². The van der Waals surface area contributed by atoms with Gasteiger partial charge in [0.15, 0.2) is 0 Å². The number of rotatable bonds is 5. The number of halogens is 1. The first-order chi connectivity index (χ1) is 13.1. The van der Waals surface area contributed by atoms with Gasteiger partial charge in [-0.1, -0.05) is 65.7 Å². The largest absolute Gasteiger partial charge is 0.342 e. The van der Waals surface area contributed by atoms with E-state index < -0.39 is 0 Å². The Bertz CT molecular complexity index is 1080. The zero-order valence-corrected chi connectivity index (χ0v) is 17.1. The van der Waals surface area contributed by atoms with Crippen molar-refractivity contribution in [2.75, 3.05) is 0 Å². The van der Waals surface area contributed by atoms with Gasteiger partial charge in [-0.05, 0) is 48.7 Å². The van der Waals surface area contributed by atoms with Gasteiger partial charge in [-0.2, -0.15) is 0 Å². The van der Waals surface area contributed by atoms with Crippen LogP contribution in [0.5, 0.6) is 0 Å². The first kappa shape index (κ1) is 18.2. The Morgan fingerprint density at radius 1 is 0.926 bits per heavy atom. The van der Waals surface area contributed by atoms with Gasteiger partial charge in [-0.3, -0.25) is 0 Å². The predicted molar refractivity (Wildman–Crippen MR) is 118 cm³/mol. The fourth-order valence-electron chi connectivity index (χ4n) is 3.36. The topological polar surface area (TPSA) is 4.93 Å². The van der Waals surface area contributed by atoms with Crippen LogP contribution in [0.1, 0.15) is 22.3 Å². The van der Waals surface area contributed by atoms with Gasteiger partial charge in [-0.25, -0.2) is 0 Å². The predicted octanol–water partition coefficient (Wildman–Crippen LogP) is 7.25. The van der Waals surface area contributed by atoms with Gasteiger partial charge in [0.1, 0.15) is 0 Å². The summed E-state index contributed by atoms with van der Waals surface area (Å²) in [4.78, 5) is 1.33. The van der Waals surface area contributed by atoms with Crippen molar-refractivity contribution >= 4 is 34.3 Å². The molecule has 4 aromatic rings. The molecule has 0 saturated carbocycles. The molecule has 0 aliphatic carbocycles. The second-order valence-corrected chi connectivity index (χ2v) is 8.44. The maximum absolute atomic E-state index is 6.03. The Morgan fingerprint density at radius 2 is 1.70 bits per heavy atom. The van der Waals surface area contributed by atoms with Crippen molar-refractivity contribution in [2.45, 2.75) is 31.0 Å². The molecule has 27 heavy (non-hydrogen) atoms. The molecule has 0 spiro atoms. The third-order valence-electron chi connectivity index (χ3n) is 4.91. The van der Waals surface area contributed by atoms with Crippen molar-refractivity contribution < 1.29 is 0 Å². The molecule has 1 nitrogen and oxygen atoms in total. The van der Waals surface area contributed by atoms with E-state index in [0.717, 1.165) is 17.3 Å². The number of aromatic nitrogens is 1. The van der Waals surface area contributed by atoms with Crippen molar-refractivity contribution in [3.8, 4) is 0 Å². The fourth-order valence-corrected chi connectivity index (χ4v) is 4.63. The molecule has 0 fully saturated rings. The lowest BCUT2D eigenvalue weighted by Gasteiger charge is -2.06. The third kappa shape index (κ3) is 4.07. The summed E-state index contributed by atoms with van der Waals surface area (Å²) in [7, 11) is 0. The van der Waals surface area contributed by atoms with Crippen LogP contribution < -0.4 is 0 Å². The molecule has 136 valence electrons. The lowest BCUT2D eigenvalue weighted by molar-refractivity contribution is 0.830. The molecule has 0 radical (unpaired) electrons. The van der Waals surface area contributed by atoms with Crippen molar-refractivity contribution in [2.24, 2.45) is 0 Å². The second kappa shape index (κ2) is 7.84. The molecule has 3 heteroatoms. The van der Waals surface area contributed by atoms with E-state index in [-0.39, 0.29) is 0 Å². The molecule has 3 aromatic carbocycles. The highest BCUT2D eigenvalue weighted by Gasteiger charge is 2.10. The summed E-state index contributed by atoms with van der Waals surface area (Å²) < 4.78 is 2.34. The number of aryl methyl sites for hydroxylation is 2. The quantitative estimate of drug-likeness (QED) is 0.324. The van der Waals surface area contributed by atoms with Crippen LogP contribution in [0.15, 0.2) is 77.8 Å². The van der Waals surface area contributed by atoms with E-state index in [0.29, 0.717) is 0 Å². The minimum Gasteiger partial charge on any atom is -0.342 e. The van der Waals surface area contributed by atoms with Crippen molar-refractivity contribution in [3.05, 3.63) is 100 Å². The average molecular weight is 392 g/mol. The number of nitrogens with zero attached hydrogens (tertiary/aromatic N) is 1. The molecule has 0 bridgehead atoms. The second-order valence-electron chi connectivity index (χ2n) is 6.98. The number of thioether (sulfide) groups is 1. The molecule has 0 amide bonds. The van der Waals surface area contributed by atoms with E-state index in [1.165, 1.54) is 38.1 Å². The minimum atomic E-state index is 0.779. The van der Waals surface area contributed by atoms with Crippen molar-refractivity contribution in [3.63, 3.8) is 0 Å². The zero-order valence-electron chi connectivity index (χ0n) is 15.6. The molecule has 0 aliphatic heterocycles. The van der Waals surface area contributed by atoms with Gasteiger partial charge in [-0.15, -0.1) is 11.8 Å². The molecule has 1 heterocycles. The van der Waals surface area contributed by atoms with Crippen LogP contribution in [-0.4, -0.2) is 4.57 Å². The van der Waals surface area contributed by atoms with Crippen LogP contribution in [-0.2, 0) is 12.3 Å². The summed E-state index contributed by atoms with van der Waals surface area (Å²) in [5.74, 6) is 0.989. The number of fused-ring (bicyclic) bond motifs is 1. The van der Waals surface area contributed by atoms with E-state index >= 15 is 0 Å². The van der Waals surface area contributed by atoms with E-state index in [2.05, 4.69) is 79.2 Å². The first-order valence-corrected chi connectivity index (χ1v) is 10.5. The smallest absolute Gasteiger partial charge is 0.0495 e. The molecule has 0 unspecified atom stereocenters. The Balaban J connectivity index is 1.63. The molecule has 0 saturated heterocycles. The average Bonchev–Trinajstić information content (AvgIpc) is 3.02. The minimum absolute atomic E-state index is 0.779. The number of benzene rings is 3. The SMILES string of the molecule is Cc1ccc(C)c(CSc2cn(Cc3ccc(Cl)cc3)c3ccccc23)c1. The van der Waals surface area contributed by atoms with Crippen LogP contribution in [0.2, 0.25) is 5.02 Å². The summed E-state index contributed by atoms with van der Waals surface area (Å²) >= 11 is 7.94. The lowest BCUT2D eigenvalue weighted by atomic mass is 10.1. The van der Waals surface area contributed by atoms with Crippen LogP contribution in [0.25, 0.3) is 10.9 Å². The standard InChI is InChI=1S/C24H22ClNS/c1-17-7-8-18(2)20(13-17)16-27-24-15-26(23-6-4-3-5-22(23)24)14-19-9-11-21(25)12-10-19/h3-13,15H,14,16H2,1-2H3. The number of hydrogen-bond acceptors (Lipinski definition) is 1. The highest BCUT2D eigenvalue weighted by atomic mass is 35.5. The maximum atomic E-state index is 6.03. The van der Waals surface area contributed by atoms with Gasteiger partial charge in [0.05, 0.1) is 0 Å². The number of para-hydroxylation sites is 1. The fraction of sp³-hybridized carbons (Fsp3) is 0.167. The van der Waals surface area contributed by atoms with Crippen LogP contribution in [0.4, 0.5) is 0 Å². The Labute approximate surface area is 170 Å². The van der Waals surface area contributed by atoms with E-state index in [1.807, 2.05) is 23.9 Å². The lowest BCUT2D eigenvalue weighted by Crippen LogP contribution is -1.97. The zero-order chi connectivity index (χ0) is 18.8. The molecule has 0 atom stereocenters. The van der Waals surface area contributed by atoms with Crippen LogP contribution in [0.3, 0.4) is 0 Å². The summed E-state index contributed by atoms with van der Waals surface area (Å²) in [6.07, 6.45) is 2.29. The van der Waals surface area contributed by atoms with Gasteiger partial charge < -0.3 is 4.57 Å². The van der Waals surface area contributed by atoms with Gasteiger partial charge in [0.25, 0.3) is 0 Å². The summed E-state index contributed by atoms with van der Waals surface area (Å²) in [6.45, 7) is 5.20. The molecular weight excluding hydrogens is 370 g/mol.